The molecular weight excluding hydrogens is 757 g/mol. The van der Waals surface area contributed by atoms with Gasteiger partial charge in [0.15, 0.2) is 6.10 Å². The zero-order chi connectivity index (χ0) is 44.7. The Balaban J connectivity index is 4.14. The van der Waals surface area contributed by atoms with Gasteiger partial charge in [-0.3, -0.25) is 14.4 Å². The van der Waals surface area contributed by atoms with E-state index in [0.29, 0.717) is 19.3 Å². The first-order chi connectivity index (χ1) is 29.8. The predicted octanol–water partition coefficient (Wildman–Crippen LogP) is 17.7. The maximum atomic E-state index is 12.7. The van der Waals surface area contributed by atoms with E-state index in [4.69, 9.17) is 14.2 Å². The van der Waals surface area contributed by atoms with Crippen molar-refractivity contribution >= 4 is 17.9 Å². The highest BCUT2D eigenvalue weighted by Gasteiger charge is 2.19. The minimum atomic E-state index is -0.762. The Morgan fingerprint density at radius 3 is 0.934 bits per heavy atom. The molecule has 0 bridgehead atoms. The molecule has 0 aliphatic heterocycles. The normalized spacial score (nSPS) is 12.5. The first kappa shape index (κ1) is 59.4. The van der Waals surface area contributed by atoms with Crippen LogP contribution in [0.25, 0.3) is 0 Å². The molecule has 61 heavy (non-hydrogen) atoms. The summed E-state index contributed by atoms with van der Waals surface area (Å²) in [6, 6.07) is 0. The Kier molecular flexibility index (Phi) is 46.6. The minimum Gasteiger partial charge on any atom is -0.462 e. The first-order valence-corrected chi connectivity index (χ1v) is 27.3. The van der Waals surface area contributed by atoms with E-state index in [1.54, 1.807) is 0 Å². The van der Waals surface area contributed by atoms with Crippen molar-refractivity contribution in [3.63, 3.8) is 0 Å². The molecule has 0 heterocycles. The average molecular weight is 863 g/mol. The van der Waals surface area contributed by atoms with Gasteiger partial charge in [-0.25, -0.2) is 0 Å². The van der Waals surface area contributed by atoms with Gasteiger partial charge in [0.05, 0.1) is 0 Å². The average Bonchev–Trinajstić information content (AvgIpc) is 3.24. The number of carbonyl (C=O) groups is 3. The van der Waals surface area contributed by atoms with Gasteiger partial charge >= 0.3 is 17.9 Å². The second kappa shape index (κ2) is 47.9. The lowest BCUT2D eigenvalue weighted by molar-refractivity contribution is -0.167. The van der Waals surface area contributed by atoms with Gasteiger partial charge in [0.2, 0.25) is 0 Å². The summed E-state index contributed by atoms with van der Waals surface area (Å²) in [6.45, 7) is 11.4. The Morgan fingerprint density at radius 1 is 0.344 bits per heavy atom. The van der Waals surface area contributed by atoms with Crippen molar-refractivity contribution in [1.29, 1.82) is 0 Å². The van der Waals surface area contributed by atoms with Crippen molar-refractivity contribution in [2.75, 3.05) is 13.2 Å². The number of carbonyl (C=O) groups excluding carboxylic acids is 3. The number of rotatable bonds is 49. The van der Waals surface area contributed by atoms with Crippen LogP contribution in [0.15, 0.2) is 0 Å². The SMILES string of the molecule is CCCCCCCCCCCCCCC(=O)OC[C@@H](COC(=O)CCCCCCCCCCCCCCCCCCCCC(C)CC)OC(=O)CCCCCCCCC(C)C. The molecule has 0 amide bonds. The van der Waals surface area contributed by atoms with Gasteiger partial charge in [0.25, 0.3) is 0 Å². The summed E-state index contributed by atoms with van der Waals surface area (Å²) in [5, 5.41) is 0. The van der Waals surface area contributed by atoms with Gasteiger partial charge in [-0.05, 0) is 31.1 Å². The summed E-state index contributed by atoms with van der Waals surface area (Å²) in [4.78, 5) is 37.9. The number of hydrogen-bond donors (Lipinski definition) is 0. The Labute approximate surface area is 380 Å². The standard InChI is InChI=1S/C55H106O6/c1-6-8-9-10-11-12-13-23-26-29-35-40-45-53(56)59-48-52(61-55(58)47-42-37-32-31-33-38-43-50(3)4)49-60-54(57)46-41-36-30-27-24-21-19-17-15-14-16-18-20-22-25-28-34-39-44-51(5)7-2/h50-52H,6-49H2,1-5H3/t51?,52-/m0/s1. The molecule has 362 valence electrons. The Bertz CT molecular complexity index is 933. The fourth-order valence-corrected chi connectivity index (χ4v) is 8.31. The van der Waals surface area contributed by atoms with Crippen LogP contribution in [0.5, 0.6) is 0 Å². The van der Waals surface area contributed by atoms with E-state index in [9.17, 15) is 14.4 Å². The fraction of sp³-hybridized carbons (Fsp3) is 0.945. The summed E-state index contributed by atoms with van der Waals surface area (Å²) in [5.41, 5.74) is 0. The van der Waals surface area contributed by atoms with Crippen LogP contribution < -0.4 is 0 Å². The number of hydrogen-bond acceptors (Lipinski definition) is 6. The van der Waals surface area contributed by atoms with Gasteiger partial charge in [-0.1, -0.05) is 266 Å². The molecule has 0 aliphatic carbocycles. The molecule has 0 aromatic heterocycles. The molecule has 0 radical (unpaired) electrons. The quantitative estimate of drug-likeness (QED) is 0.0344. The van der Waals surface area contributed by atoms with Crippen LogP contribution in [-0.2, 0) is 28.6 Å². The molecule has 1 unspecified atom stereocenters. The van der Waals surface area contributed by atoms with Crippen LogP contribution in [0, 0.1) is 11.8 Å². The highest BCUT2D eigenvalue weighted by molar-refractivity contribution is 5.71. The van der Waals surface area contributed by atoms with Crippen LogP contribution in [0.1, 0.15) is 304 Å². The highest BCUT2D eigenvalue weighted by Crippen LogP contribution is 2.18. The second-order valence-electron chi connectivity index (χ2n) is 19.6. The largest absolute Gasteiger partial charge is 0.462 e. The van der Waals surface area contributed by atoms with Crippen LogP contribution in [0.3, 0.4) is 0 Å². The van der Waals surface area contributed by atoms with Crippen molar-refractivity contribution in [3.8, 4) is 0 Å². The maximum absolute atomic E-state index is 12.7. The van der Waals surface area contributed by atoms with E-state index in [1.165, 1.54) is 193 Å². The first-order valence-electron chi connectivity index (χ1n) is 27.3. The summed E-state index contributed by atoms with van der Waals surface area (Å²) >= 11 is 0. The van der Waals surface area contributed by atoms with Crippen molar-refractivity contribution in [1.82, 2.24) is 0 Å². The molecule has 0 aromatic rings. The van der Waals surface area contributed by atoms with E-state index in [2.05, 4.69) is 34.6 Å². The summed E-state index contributed by atoms with van der Waals surface area (Å²) in [5.74, 6) is 0.818. The monoisotopic (exact) mass is 863 g/mol. The molecule has 0 aromatic carbocycles. The minimum absolute atomic E-state index is 0.0644. The fourth-order valence-electron chi connectivity index (χ4n) is 8.31. The van der Waals surface area contributed by atoms with Gasteiger partial charge in [0, 0.05) is 19.3 Å². The molecule has 6 nitrogen and oxygen atoms in total. The zero-order valence-electron chi connectivity index (χ0n) is 41.8. The second-order valence-corrected chi connectivity index (χ2v) is 19.6. The van der Waals surface area contributed by atoms with Crippen molar-refractivity contribution in [2.45, 2.75) is 310 Å². The Morgan fingerprint density at radius 2 is 0.623 bits per heavy atom. The Hall–Kier alpha value is -1.59. The molecule has 0 saturated heterocycles. The van der Waals surface area contributed by atoms with E-state index in [0.717, 1.165) is 69.6 Å². The summed E-state index contributed by atoms with van der Waals surface area (Å²) in [6.07, 6.45) is 49.6. The molecule has 6 heteroatoms. The molecule has 0 spiro atoms. The molecule has 0 aliphatic rings. The molecule has 0 N–H and O–H groups in total. The van der Waals surface area contributed by atoms with Crippen LogP contribution in [0.4, 0.5) is 0 Å². The van der Waals surface area contributed by atoms with Crippen molar-refractivity contribution in [2.24, 2.45) is 11.8 Å². The smallest absolute Gasteiger partial charge is 0.306 e. The third kappa shape index (κ3) is 47.7. The van der Waals surface area contributed by atoms with Gasteiger partial charge in [-0.15, -0.1) is 0 Å². The topological polar surface area (TPSA) is 78.9 Å². The van der Waals surface area contributed by atoms with Crippen molar-refractivity contribution < 1.29 is 28.6 Å². The molecule has 0 saturated carbocycles. The van der Waals surface area contributed by atoms with E-state index in [1.807, 2.05) is 0 Å². The van der Waals surface area contributed by atoms with E-state index in [-0.39, 0.29) is 31.1 Å². The molecular formula is C55H106O6. The zero-order valence-corrected chi connectivity index (χ0v) is 41.8. The molecule has 0 rings (SSSR count). The maximum Gasteiger partial charge on any atom is 0.306 e. The van der Waals surface area contributed by atoms with E-state index < -0.39 is 6.10 Å². The molecule has 0 fully saturated rings. The lowest BCUT2D eigenvalue weighted by Gasteiger charge is -2.18. The molecule has 2 atom stereocenters. The van der Waals surface area contributed by atoms with E-state index >= 15 is 0 Å². The lowest BCUT2D eigenvalue weighted by Crippen LogP contribution is -2.30. The number of unbranched alkanes of at least 4 members (excludes halogenated alkanes) is 33. The predicted molar refractivity (Wildman–Crippen MR) is 261 cm³/mol. The number of esters is 3. The highest BCUT2D eigenvalue weighted by atomic mass is 16.6. The van der Waals surface area contributed by atoms with Gasteiger partial charge < -0.3 is 14.2 Å². The van der Waals surface area contributed by atoms with Gasteiger partial charge in [-0.2, -0.15) is 0 Å². The third-order valence-corrected chi connectivity index (χ3v) is 12.8. The summed E-state index contributed by atoms with van der Waals surface area (Å²) < 4.78 is 16.8. The van der Waals surface area contributed by atoms with Crippen LogP contribution in [0.2, 0.25) is 0 Å². The van der Waals surface area contributed by atoms with Gasteiger partial charge in [0.1, 0.15) is 13.2 Å². The van der Waals surface area contributed by atoms with Crippen molar-refractivity contribution in [3.05, 3.63) is 0 Å². The van der Waals surface area contributed by atoms with Crippen LogP contribution in [-0.4, -0.2) is 37.2 Å². The van der Waals surface area contributed by atoms with Crippen LogP contribution >= 0.6 is 0 Å². The lowest BCUT2D eigenvalue weighted by atomic mass is 9.99. The third-order valence-electron chi connectivity index (χ3n) is 12.8. The number of ether oxygens (including phenoxy) is 3. The summed E-state index contributed by atoms with van der Waals surface area (Å²) in [7, 11) is 0.